The number of alkyl halides is 2. The maximum atomic E-state index is 15.1. The Bertz CT molecular complexity index is 663. The van der Waals surface area contributed by atoms with Crippen molar-refractivity contribution in [1.82, 2.24) is 0 Å². The lowest BCUT2D eigenvalue weighted by Crippen LogP contribution is -2.15. The molecule has 0 unspecified atom stereocenters. The van der Waals surface area contributed by atoms with Crippen molar-refractivity contribution in [3.63, 3.8) is 0 Å². The van der Waals surface area contributed by atoms with Crippen molar-refractivity contribution in [1.29, 1.82) is 0 Å². The van der Waals surface area contributed by atoms with E-state index < -0.39 is 17.8 Å². The van der Waals surface area contributed by atoms with E-state index in [1.807, 2.05) is 0 Å². The molecule has 2 saturated carbocycles. The molecule has 2 aliphatic carbocycles. The summed E-state index contributed by atoms with van der Waals surface area (Å²) < 4.78 is 42.7. The normalized spacial score (nSPS) is 28.3. The molecule has 0 heterocycles. The van der Waals surface area contributed by atoms with Gasteiger partial charge >= 0.3 is 0 Å². The number of allylic oxidation sites excluding steroid dienone is 1. The van der Waals surface area contributed by atoms with Gasteiger partial charge in [-0.1, -0.05) is 57.4 Å². The highest BCUT2D eigenvalue weighted by Gasteiger charge is 2.27. The van der Waals surface area contributed by atoms with Crippen LogP contribution in [0.1, 0.15) is 114 Å². The summed E-state index contributed by atoms with van der Waals surface area (Å²) in [6.07, 6.45) is 13.4. The van der Waals surface area contributed by atoms with Crippen LogP contribution in [-0.2, 0) is 0 Å². The van der Waals surface area contributed by atoms with Gasteiger partial charge in [0.2, 0.25) is 0 Å². The molecular formula is C26H37F3. The van der Waals surface area contributed by atoms with Gasteiger partial charge in [0.15, 0.2) is 0 Å². The minimum Gasteiger partial charge on any atom is -0.206 e. The zero-order valence-electron chi connectivity index (χ0n) is 18.1. The quantitative estimate of drug-likeness (QED) is 0.423. The molecule has 0 aliphatic heterocycles. The van der Waals surface area contributed by atoms with E-state index in [9.17, 15) is 8.78 Å². The van der Waals surface area contributed by atoms with E-state index in [1.54, 1.807) is 18.2 Å². The molecule has 0 aromatic heterocycles. The number of benzene rings is 1. The summed E-state index contributed by atoms with van der Waals surface area (Å²) in [5.74, 6) is 1.39. The predicted octanol–water partition coefficient (Wildman–Crippen LogP) is 9.07. The Balaban J connectivity index is 1.72. The Morgan fingerprint density at radius 3 is 2.17 bits per heavy atom. The predicted molar refractivity (Wildman–Crippen MR) is 116 cm³/mol. The average molecular weight is 407 g/mol. The Hall–Kier alpha value is -1.25. The van der Waals surface area contributed by atoms with Crippen LogP contribution in [0.4, 0.5) is 13.2 Å². The minimum absolute atomic E-state index is 0.0853. The lowest BCUT2D eigenvalue weighted by molar-refractivity contribution is 0.145. The number of rotatable bonds is 7. The zero-order valence-corrected chi connectivity index (χ0v) is 18.1. The van der Waals surface area contributed by atoms with E-state index in [2.05, 4.69) is 19.9 Å². The molecule has 0 spiro atoms. The van der Waals surface area contributed by atoms with Gasteiger partial charge in [0.05, 0.1) is 5.56 Å². The van der Waals surface area contributed by atoms with Crippen LogP contribution in [0.5, 0.6) is 0 Å². The van der Waals surface area contributed by atoms with Crippen molar-refractivity contribution >= 4 is 6.08 Å². The standard InChI is InChI=1S/C26H37F3/c1-3-5-19-6-8-20(9-7-19)12-15-22-16-17-23(25(27)24(22)26(28)29)21-13-10-18(4-2)11-14-21/h12,15-21,26H,3-11,13-14H2,1-2H3/b15-12+. The van der Waals surface area contributed by atoms with E-state index in [4.69, 9.17) is 0 Å². The van der Waals surface area contributed by atoms with Gasteiger partial charge < -0.3 is 0 Å². The Morgan fingerprint density at radius 2 is 1.59 bits per heavy atom. The summed E-state index contributed by atoms with van der Waals surface area (Å²) in [5, 5.41) is 0. The summed E-state index contributed by atoms with van der Waals surface area (Å²) in [6, 6.07) is 3.50. The molecule has 0 saturated heterocycles. The van der Waals surface area contributed by atoms with Gasteiger partial charge in [-0.15, -0.1) is 0 Å². The van der Waals surface area contributed by atoms with E-state index in [0.717, 1.165) is 50.9 Å². The van der Waals surface area contributed by atoms with Gasteiger partial charge in [0.25, 0.3) is 6.43 Å². The van der Waals surface area contributed by atoms with Crippen molar-refractivity contribution in [3.05, 3.63) is 40.7 Å². The molecule has 2 fully saturated rings. The highest BCUT2D eigenvalue weighted by atomic mass is 19.3. The van der Waals surface area contributed by atoms with Gasteiger partial charge in [-0.05, 0) is 86.2 Å². The third-order valence-corrected chi connectivity index (χ3v) is 7.46. The van der Waals surface area contributed by atoms with Crippen LogP contribution in [0.2, 0.25) is 0 Å². The molecule has 0 nitrogen and oxygen atoms in total. The lowest BCUT2D eigenvalue weighted by atomic mass is 9.77. The summed E-state index contributed by atoms with van der Waals surface area (Å²) in [4.78, 5) is 0. The fraction of sp³-hybridized carbons (Fsp3) is 0.692. The largest absolute Gasteiger partial charge is 0.267 e. The first-order valence-corrected chi connectivity index (χ1v) is 11.8. The van der Waals surface area contributed by atoms with Crippen LogP contribution in [0.3, 0.4) is 0 Å². The van der Waals surface area contributed by atoms with Crippen LogP contribution in [0, 0.1) is 23.6 Å². The maximum absolute atomic E-state index is 15.1. The average Bonchev–Trinajstić information content (AvgIpc) is 2.73. The minimum atomic E-state index is -2.78. The van der Waals surface area contributed by atoms with Crippen molar-refractivity contribution in [2.45, 2.75) is 96.8 Å². The van der Waals surface area contributed by atoms with Crippen molar-refractivity contribution in [2.75, 3.05) is 0 Å². The number of halogens is 3. The first-order valence-electron chi connectivity index (χ1n) is 11.8. The van der Waals surface area contributed by atoms with Crippen LogP contribution in [0.25, 0.3) is 6.08 Å². The van der Waals surface area contributed by atoms with Gasteiger partial charge in [-0.2, -0.15) is 0 Å². The van der Waals surface area contributed by atoms with Crippen LogP contribution >= 0.6 is 0 Å². The van der Waals surface area contributed by atoms with Gasteiger partial charge in [0.1, 0.15) is 5.82 Å². The molecule has 0 N–H and O–H groups in total. The second-order valence-electron chi connectivity index (χ2n) is 9.33. The lowest BCUT2D eigenvalue weighted by Gasteiger charge is -2.29. The van der Waals surface area contributed by atoms with Crippen LogP contribution in [0.15, 0.2) is 18.2 Å². The first-order chi connectivity index (χ1) is 14.0. The van der Waals surface area contributed by atoms with E-state index in [-0.39, 0.29) is 5.92 Å². The van der Waals surface area contributed by atoms with E-state index in [0.29, 0.717) is 23.0 Å². The molecule has 1 aromatic carbocycles. The second kappa shape index (κ2) is 10.7. The summed E-state index contributed by atoms with van der Waals surface area (Å²) >= 11 is 0. The van der Waals surface area contributed by atoms with Gasteiger partial charge in [-0.3, -0.25) is 0 Å². The third kappa shape index (κ3) is 5.67. The van der Waals surface area contributed by atoms with Crippen LogP contribution < -0.4 is 0 Å². The van der Waals surface area contributed by atoms with E-state index in [1.165, 1.54) is 25.7 Å². The molecule has 0 amide bonds. The molecule has 3 heteroatoms. The monoisotopic (exact) mass is 406 g/mol. The molecule has 29 heavy (non-hydrogen) atoms. The fourth-order valence-corrected chi connectivity index (χ4v) is 5.51. The number of hydrogen-bond donors (Lipinski definition) is 0. The molecule has 0 atom stereocenters. The Morgan fingerprint density at radius 1 is 0.931 bits per heavy atom. The van der Waals surface area contributed by atoms with Gasteiger partial charge in [-0.25, -0.2) is 13.2 Å². The van der Waals surface area contributed by atoms with Crippen molar-refractivity contribution in [3.8, 4) is 0 Å². The molecule has 1 aromatic rings. The molecule has 162 valence electrons. The zero-order chi connectivity index (χ0) is 20.8. The first kappa shape index (κ1) is 22.4. The molecule has 0 bridgehead atoms. The Labute approximate surface area is 175 Å². The second-order valence-corrected chi connectivity index (χ2v) is 9.33. The molecule has 2 aliphatic rings. The Kier molecular flexibility index (Phi) is 8.26. The van der Waals surface area contributed by atoms with E-state index >= 15 is 4.39 Å². The highest BCUT2D eigenvalue weighted by Crippen LogP contribution is 2.41. The van der Waals surface area contributed by atoms with Crippen LogP contribution in [-0.4, -0.2) is 0 Å². The maximum Gasteiger partial charge on any atom is 0.267 e. The van der Waals surface area contributed by atoms with Gasteiger partial charge in [0, 0.05) is 0 Å². The summed E-state index contributed by atoms with van der Waals surface area (Å²) in [6.45, 7) is 4.42. The SMILES string of the molecule is CCCC1CCC(/C=C/c2ccc(C3CCC(CC)CC3)c(F)c2C(F)F)CC1. The molecule has 0 radical (unpaired) electrons. The highest BCUT2D eigenvalue weighted by molar-refractivity contribution is 5.56. The summed E-state index contributed by atoms with van der Waals surface area (Å²) in [7, 11) is 0. The van der Waals surface area contributed by atoms with Crippen molar-refractivity contribution in [2.24, 2.45) is 17.8 Å². The smallest absolute Gasteiger partial charge is 0.206 e. The number of hydrogen-bond acceptors (Lipinski definition) is 0. The third-order valence-electron chi connectivity index (χ3n) is 7.46. The van der Waals surface area contributed by atoms with Crippen molar-refractivity contribution < 1.29 is 13.2 Å². The molecular weight excluding hydrogens is 369 g/mol. The summed E-state index contributed by atoms with van der Waals surface area (Å²) in [5.41, 5.74) is 0.474. The topological polar surface area (TPSA) is 0 Å². The molecule has 3 rings (SSSR count). The fourth-order valence-electron chi connectivity index (χ4n) is 5.51.